The number of hydrogen-bond acceptors (Lipinski definition) is 7. The van der Waals surface area contributed by atoms with Gasteiger partial charge in [0.15, 0.2) is 0 Å². The molecule has 0 spiro atoms. The first-order chi connectivity index (χ1) is 18.7. The summed E-state index contributed by atoms with van der Waals surface area (Å²) in [6.07, 6.45) is 1.20. The van der Waals surface area contributed by atoms with Crippen molar-refractivity contribution in [1.29, 1.82) is 0 Å². The number of piperazine rings is 1. The third kappa shape index (κ3) is 6.51. The van der Waals surface area contributed by atoms with E-state index in [1.807, 2.05) is 0 Å². The molecule has 1 aliphatic rings. The van der Waals surface area contributed by atoms with Crippen molar-refractivity contribution < 1.29 is 32.6 Å². The first-order valence-corrected chi connectivity index (χ1v) is 12.3. The van der Waals surface area contributed by atoms with Crippen molar-refractivity contribution >= 4 is 23.6 Å². The van der Waals surface area contributed by atoms with Gasteiger partial charge < -0.3 is 24.6 Å². The number of rotatable bonds is 8. The van der Waals surface area contributed by atoms with Crippen LogP contribution in [0.1, 0.15) is 36.1 Å². The predicted octanol–water partition coefficient (Wildman–Crippen LogP) is 3.30. The highest BCUT2D eigenvalue weighted by atomic mass is 19.3. The van der Waals surface area contributed by atoms with Gasteiger partial charge in [-0.15, -0.1) is 0 Å². The van der Waals surface area contributed by atoms with E-state index in [1.54, 1.807) is 48.9 Å². The molecular weight excluding hydrogens is 516 g/mol. The van der Waals surface area contributed by atoms with Crippen LogP contribution in [0.25, 0.3) is 11.3 Å². The molecule has 1 unspecified atom stereocenters. The molecule has 208 valence electrons. The number of alkyl halides is 2. The van der Waals surface area contributed by atoms with Crippen molar-refractivity contribution in [2.45, 2.75) is 33.4 Å². The Hall–Kier alpha value is -4.49. The van der Waals surface area contributed by atoms with E-state index in [9.17, 15) is 23.2 Å². The molecular formula is C25H29F2N7O5. The number of H-pyrrole nitrogens is 1. The Kier molecular flexibility index (Phi) is 8.42. The van der Waals surface area contributed by atoms with Crippen LogP contribution in [0.4, 0.5) is 19.3 Å². The lowest BCUT2D eigenvalue weighted by molar-refractivity contribution is -0.136. The topological polar surface area (TPSA) is 135 Å². The molecule has 0 bridgehead atoms. The summed E-state index contributed by atoms with van der Waals surface area (Å²) in [7, 11) is 0. The number of nitrogens with zero attached hydrogens (tertiary/aromatic N) is 5. The van der Waals surface area contributed by atoms with Crippen LogP contribution < -0.4 is 10.1 Å². The highest BCUT2D eigenvalue weighted by Gasteiger charge is 2.29. The molecule has 0 aliphatic carbocycles. The molecule has 1 atom stereocenters. The van der Waals surface area contributed by atoms with Gasteiger partial charge in [0.05, 0.1) is 23.7 Å². The molecule has 0 saturated carbocycles. The number of ether oxygens (including phenoxy) is 2. The number of benzene rings is 1. The van der Waals surface area contributed by atoms with Gasteiger partial charge in [0.2, 0.25) is 5.91 Å². The average molecular weight is 546 g/mol. The average Bonchev–Trinajstić information content (AvgIpc) is 3.55. The molecule has 2 aromatic heterocycles. The summed E-state index contributed by atoms with van der Waals surface area (Å²) in [4.78, 5) is 41.0. The number of aromatic nitrogens is 4. The summed E-state index contributed by atoms with van der Waals surface area (Å²) in [5.41, 5.74) is 2.17. The summed E-state index contributed by atoms with van der Waals surface area (Å²) in [6, 6.07) is 6.78. The summed E-state index contributed by atoms with van der Waals surface area (Å²) in [5.74, 6) is -0.605. The first-order valence-electron chi connectivity index (χ1n) is 12.3. The largest absolute Gasteiger partial charge is 0.450 e. The molecule has 3 heterocycles. The van der Waals surface area contributed by atoms with Crippen molar-refractivity contribution in [1.82, 2.24) is 29.8 Å². The zero-order valence-electron chi connectivity index (χ0n) is 21.7. The Labute approximate surface area is 222 Å². The molecule has 4 rings (SSSR count). The van der Waals surface area contributed by atoms with Crippen LogP contribution in [0, 0.1) is 6.92 Å². The van der Waals surface area contributed by atoms with Crippen molar-refractivity contribution in [3.8, 4) is 17.0 Å². The third-order valence-electron chi connectivity index (χ3n) is 6.23. The molecule has 2 N–H and O–H groups in total. The van der Waals surface area contributed by atoms with Gasteiger partial charge >= 0.3 is 12.7 Å². The molecule has 1 fully saturated rings. The predicted molar refractivity (Wildman–Crippen MR) is 135 cm³/mol. The van der Waals surface area contributed by atoms with E-state index in [0.717, 1.165) is 0 Å². The van der Waals surface area contributed by atoms with Crippen LogP contribution >= 0.6 is 0 Å². The molecule has 39 heavy (non-hydrogen) atoms. The summed E-state index contributed by atoms with van der Waals surface area (Å²) in [5, 5.41) is 13.9. The van der Waals surface area contributed by atoms with Crippen LogP contribution in [-0.4, -0.2) is 87.1 Å². The summed E-state index contributed by atoms with van der Waals surface area (Å²) >= 11 is 0. The summed E-state index contributed by atoms with van der Waals surface area (Å²) in [6.45, 7) is 4.09. The third-order valence-corrected chi connectivity index (χ3v) is 6.23. The maximum atomic E-state index is 13.1. The van der Waals surface area contributed by atoms with Gasteiger partial charge in [-0.25, -0.2) is 4.79 Å². The highest BCUT2D eigenvalue weighted by Crippen LogP contribution is 2.24. The number of amides is 3. The van der Waals surface area contributed by atoms with Crippen LogP contribution in [0.5, 0.6) is 5.75 Å². The molecule has 1 saturated heterocycles. The number of hydrogen-bond donors (Lipinski definition) is 2. The SMILES string of the molecule is CCOC(=O)N1CCN(C(=O)C(C)n2cc(NC(=O)c3cc(-c4ccc(OC(F)F)cc4)n[nH]3)c(C)n2)CC1. The maximum absolute atomic E-state index is 13.1. The van der Waals surface area contributed by atoms with Crippen molar-refractivity contribution in [2.75, 3.05) is 38.1 Å². The van der Waals surface area contributed by atoms with Gasteiger partial charge in [-0.05, 0) is 51.1 Å². The van der Waals surface area contributed by atoms with Gasteiger partial charge in [0.1, 0.15) is 17.5 Å². The smallest absolute Gasteiger partial charge is 0.409 e. The molecule has 3 amide bonds. The van der Waals surface area contributed by atoms with Gasteiger partial charge in [0.25, 0.3) is 5.91 Å². The van der Waals surface area contributed by atoms with Crippen molar-refractivity contribution in [2.24, 2.45) is 0 Å². The zero-order chi connectivity index (χ0) is 28.1. The second-order valence-corrected chi connectivity index (χ2v) is 8.82. The van der Waals surface area contributed by atoms with Gasteiger partial charge in [0, 0.05) is 37.9 Å². The standard InChI is InChI=1S/C25H29F2N7O5/c1-4-38-25(37)33-11-9-32(10-12-33)23(36)16(3)34-14-21(15(2)31-34)28-22(35)20-13-19(29-30-20)17-5-7-18(8-6-17)39-24(26)27/h5-8,13-14,16,24H,4,9-12H2,1-3H3,(H,28,35)(H,29,30). The van der Waals surface area contributed by atoms with Crippen LogP contribution in [0.15, 0.2) is 36.5 Å². The fourth-order valence-corrected chi connectivity index (χ4v) is 4.09. The number of nitrogens with one attached hydrogen (secondary N) is 2. The molecule has 1 aliphatic heterocycles. The van der Waals surface area contributed by atoms with E-state index >= 15 is 0 Å². The van der Waals surface area contributed by atoms with Crippen LogP contribution in [-0.2, 0) is 9.53 Å². The van der Waals surface area contributed by atoms with E-state index in [0.29, 0.717) is 55.4 Å². The number of carbonyl (C=O) groups excluding carboxylic acids is 3. The fraction of sp³-hybridized carbons (Fsp3) is 0.400. The molecule has 0 radical (unpaired) electrons. The van der Waals surface area contributed by atoms with Gasteiger partial charge in [-0.1, -0.05) is 0 Å². The number of anilines is 1. The minimum absolute atomic E-state index is 0.0152. The van der Waals surface area contributed by atoms with E-state index in [-0.39, 0.29) is 23.4 Å². The lowest BCUT2D eigenvalue weighted by Crippen LogP contribution is -2.52. The maximum Gasteiger partial charge on any atom is 0.409 e. The van der Waals surface area contributed by atoms with E-state index < -0.39 is 18.6 Å². The first kappa shape index (κ1) is 27.5. The zero-order valence-corrected chi connectivity index (χ0v) is 21.7. The monoisotopic (exact) mass is 545 g/mol. The van der Waals surface area contributed by atoms with Crippen LogP contribution in [0.3, 0.4) is 0 Å². The Morgan fingerprint density at radius 1 is 1.10 bits per heavy atom. The van der Waals surface area contributed by atoms with Gasteiger partial charge in [-0.3, -0.25) is 19.4 Å². The number of halogens is 2. The minimum atomic E-state index is -2.92. The number of aryl methyl sites for hydroxylation is 1. The quantitative estimate of drug-likeness (QED) is 0.444. The number of carbonyl (C=O) groups is 3. The molecule has 14 heteroatoms. The minimum Gasteiger partial charge on any atom is -0.450 e. The molecule has 1 aromatic carbocycles. The van der Waals surface area contributed by atoms with Crippen molar-refractivity contribution in [3.63, 3.8) is 0 Å². The van der Waals surface area contributed by atoms with Crippen LogP contribution in [0.2, 0.25) is 0 Å². The molecule has 12 nitrogen and oxygen atoms in total. The fourth-order valence-electron chi connectivity index (χ4n) is 4.09. The second-order valence-electron chi connectivity index (χ2n) is 8.82. The lowest BCUT2D eigenvalue weighted by atomic mass is 10.1. The Bertz CT molecular complexity index is 1320. The second kappa shape index (κ2) is 11.9. The Balaban J connectivity index is 1.36. The van der Waals surface area contributed by atoms with E-state index in [1.165, 1.54) is 22.9 Å². The Morgan fingerprint density at radius 2 is 1.77 bits per heavy atom. The Morgan fingerprint density at radius 3 is 2.41 bits per heavy atom. The van der Waals surface area contributed by atoms with Gasteiger partial charge in [-0.2, -0.15) is 19.0 Å². The number of aromatic amines is 1. The van der Waals surface area contributed by atoms with E-state index in [4.69, 9.17) is 4.74 Å². The normalized spacial score (nSPS) is 14.3. The molecule has 3 aromatic rings. The van der Waals surface area contributed by atoms with Crippen molar-refractivity contribution in [3.05, 3.63) is 47.9 Å². The highest BCUT2D eigenvalue weighted by molar-refractivity contribution is 6.03. The van der Waals surface area contributed by atoms with E-state index in [2.05, 4.69) is 25.3 Å². The summed E-state index contributed by atoms with van der Waals surface area (Å²) < 4.78 is 35.5. The lowest BCUT2D eigenvalue weighted by Gasteiger charge is -2.35.